The fourth-order valence-electron chi connectivity index (χ4n) is 3.37. The second-order valence-electron chi connectivity index (χ2n) is 8.67. The van der Waals surface area contributed by atoms with Crippen molar-refractivity contribution in [1.82, 2.24) is 0 Å². The lowest BCUT2D eigenvalue weighted by Gasteiger charge is -2.18. The molecule has 33 heavy (non-hydrogen) atoms. The molecule has 166 valence electrons. The van der Waals surface area contributed by atoms with Crippen molar-refractivity contribution >= 4 is 23.5 Å². The number of carbonyl (C=O) groups is 2. The normalized spacial score (nSPS) is 14.0. The van der Waals surface area contributed by atoms with Crippen molar-refractivity contribution in [3.05, 3.63) is 105 Å². The number of allylic oxidation sites excluding steroid dienone is 1. The molecule has 0 saturated heterocycles. The molecule has 0 bridgehead atoms. The minimum Gasteiger partial charge on any atom is -0.452 e. The monoisotopic (exact) mass is 443 g/mol. The minimum atomic E-state index is -0.752. The average Bonchev–Trinajstić information content (AvgIpc) is 3.08. The van der Waals surface area contributed by atoms with Crippen LogP contribution >= 0.6 is 0 Å². The van der Waals surface area contributed by atoms with E-state index in [0.29, 0.717) is 5.56 Å². The molecule has 0 aromatic heterocycles. The van der Waals surface area contributed by atoms with E-state index in [4.69, 9.17) is 9.47 Å². The molecule has 0 radical (unpaired) electrons. The van der Waals surface area contributed by atoms with Gasteiger partial charge < -0.3 is 9.47 Å². The molecule has 7 nitrogen and oxygen atoms in total. The summed E-state index contributed by atoms with van der Waals surface area (Å²) >= 11 is 0. The first-order valence-electron chi connectivity index (χ1n) is 10.3. The fraction of sp³-hybridized carbons (Fsp3) is 0.154. The van der Waals surface area contributed by atoms with Gasteiger partial charge in [-0.2, -0.15) is 0 Å². The van der Waals surface area contributed by atoms with Crippen LogP contribution in [0.3, 0.4) is 0 Å². The third-order valence-corrected chi connectivity index (χ3v) is 5.22. The van der Waals surface area contributed by atoms with Crippen LogP contribution in [0.4, 0.5) is 5.69 Å². The highest BCUT2D eigenvalue weighted by Crippen LogP contribution is 2.35. The van der Waals surface area contributed by atoms with Gasteiger partial charge in [0.2, 0.25) is 5.78 Å². The largest absolute Gasteiger partial charge is 0.452 e. The van der Waals surface area contributed by atoms with Crippen molar-refractivity contribution < 1.29 is 24.0 Å². The number of nitrogens with zero attached hydrogens (tertiary/aromatic N) is 1. The van der Waals surface area contributed by atoms with E-state index in [9.17, 15) is 19.7 Å². The Morgan fingerprint density at radius 1 is 1.03 bits per heavy atom. The van der Waals surface area contributed by atoms with Gasteiger partial charge in [0.25, 0.3) is 5.69 Å². The number of carbonyl (C=O) groups excluding carboxylic acids is 2. The van der Waals surface area contributed by atoms with Gasteiger partial charge in [-0.15, -0.1) is 0 Å². The lowest BCUT2D eigenvalue weighted by molar-refractivity contribution is -0.384. The number of benzene rings is 3. The Labute approximate surface area is 190 Å². The van der Waals surface area contributed by atoms with Crippen LogP contribution in [0, 0.1) is 10.1 Å². The quantitative estimate of drug-likeness (QED) is 0.168. The van der Waals surface area contributed by atoms with Gasteiger partial charge in [-0.3, -0.25) is 14.9 Å². The van der Waals surface area contributed by atoms with E-state index >= 15 is 0 Å². The van der Waals surface area contributed by atoms with Crippen molar-refractivity contribution in [2.24, 2.45) is 0 Å². The highest BCUT2D eigenvalue weighted by molar-refractivity contribution is 6.14. The first kappa shape index (κ1) is 22.0. The molecular formula is C26H21NO6. The molecule has 0 N–H and O–H groups in total. The zero-order valence-corrected chi connectivity index (χ0v) is 18.3. The lowest BCUT2D eigenvalue weighted by Crippen LogP contribution is -2.10. The van der Waals surface area contributed by atoms with Crippen LogP contribution in [0.1, 0.15) is 52.6 Å². The molecule has 0 saturated carbocycles. The fourth-order valence-corrected chi connectivity index (χ4v) is 3.37. The summed E-state index contributed by atoms with van der Waals surface area (Å²) in [6.45, 7) is 6.39. The Hall–Kier alpha value is -4.26. The number of nitro benzene ring substituents is 1. The van der Waals surface area contributed by atoms with E-state index in [2.05, 4.69) is 20.8 Å². The summed E-state index contributed by atoms with van der Waals surface area (Å²) in [6, 6.07) is 17.6. The highest BCUT2D eigenvalue weighted by Gasteiger charge is 2.28. The number of hydrogen-bond acceptors (Lipinski definition) is 6. The van der Waals surface area contributed by atoms with Crippen LogP contribution < -0.4 is 9.47 Å². The second-order valence-corrected chi connectivity index (χ2v) is 8.67. The van der Waals surface area contributed by atoms with Crippen LogP contribution in [0.15, 0.2) is 72.5 Å². The summed E-state index contributed by atoms with van der Waals surface area (Å²) in [5, 5.41) is 10.9. The molecule has 4 rings (SSSR count). The van der Waals surface area contributed by atoms with Gasteiger partial charge in [-0.1, -0.05) is 51.1 Å². The summed E-state index contributed by atoms with van der Waals surface area (Å²) in [4.78, 5) is 35.4. The average molecular weight is 443 g/mol. The van der Waals surface area contributed by atoms with Crippen molar-refractivity contribution in [3.8, 4) is 11.5 Å². The van der Waals surface area contributed by atoms with Crippen molar-refractivity contribution in [1.29, 1.82) is 0 Å². The molecule has 0 fully saturated rings. The van der Waals surface area contributed by atoms with Gasteiger partial charge >= 0.3 is 5.97 Å². The van der Waals surface area contributed by atoms with Crippen LogP contribution in [0.25, 0.3) is 6.08 Å². The Bertz CT molecular complexity index is 1300. The number of non-ortho nitro benzene ring substituents is 1. The number of Topliss-reactive ketones (excluding diaryl/α,β-unsaturated/α-hetero) is 1. The Balaban J connectivity index is 1.52. The molecule has 0 atom stereocenters. The van der Waals surface area contributed by atoms with E-state index in [1.54, 1.807) is 6.08 Å². The lowest BCUT2D eigenvalue weighted by atomic mass is 9.86. The SMILES string of the molecule is CC(C)(C)c1ccc(/C=C2\Oc3cc(OC(=O)c4cccc([N+](=O)[O-])c4)ccc3C2=O)cc1. The summed E-state index contributed by atoms with van der Waals surface area (Å²) in [6.07, 6.45) is 1.67. The molecule has 1 aliphatic rings. The second kappa shape index (κ2) is 8.35. The van der Waals surface area contributed by atoms with E-state index < -0.39 is 10.9 Å². The standard InChI is InChI=1S/C26H21NO6/c1-26(2,3)18-9-7-16(8-10-18)13-23-24(28)21-12-11-20(15-22(21)33-23)32-25(29)17-5-4-6-19(14-17)27(30)31/h4-15H,1-3H3/b23-13-. The smallest absolute Gasteiger partial charge is 0.343 e. The van der Waals surface area contributed by atoms with E-state index in [0.717, 1.165) is 11.6 Å². The van der Waals surface area contributed by atoms with Gasteiger partial charge in [0.15, 0.2) is 5.76 Å². The molecule has 7 heteroatoms. The summed E-state index contributed by atoms with van der Waals surface area (Å²) in [5.41, 5.74) is 2.24. The topological polar surface area (TPSA) is 95.7 Å². The summed E-state index contributed by atoms with van der Waals surface area (Å²) in [5.74, 6) is -0.398. The van der Waals surface area contributed by atoms with Crippen molar-refractivity contribution in [3.63, 3.8) is 0 Å². The van der Waals surface area contributed by atoms with E-state index in [1.165, 1.54) is 42.0 Å². The van der Waals surface area contributed by atoms with Gasteiger partial charge in [0.1, 0.15) is 11.5 Å². The molecule has 3 aromatic rings. The van der Waals surface area contributed by atoms with E-state index in [-0.39, 0.29) is 39.7 Å². The number of esters is 1. The van der Waals surface area contributed by atoms with Crippen molar-refractivity contribution in [2.75, 3.05) is 0 Å². The number of fused-ring (bicyclic) bond motifs is 1. The summed E-state index contributed by atoms with van der Waals surface area (Å²) < 4.78 is 11.1. The Morgan fingerprint density at radius 2 is 1.76 bits per heavy atom. The number of hydrogen-bond donors (Lipinski definition) is 0. The molecule has 0 aliphatic carbocycles. The maximum atomic E-state index is 12.7. The third kappa shape index (κ3) is 4.67. The predicted molar refractivity (Wildman–Crippen MR) is 123 cm³/mol. The summed E-state index contributed by atoms with van der Waals surface area (Å²) in [7, 11) is 0. The van der Waals surface area contributed by atoms with Gasteiger partial charge in [-0.05, 0) is 40.8 Å². The molecule has 0 amide bonds. The van der Waals surface area contributed by atoms with Gasteiger partial charge in [-0.25, -0.2) is 4.79 Å². The molecule has 3 aromatic carbocycles. The zero-order chi connectivity index (χ0) is 23.8. The Kier molecular flexibility index (Phi) is 5.55. The van der Waals surface area contributed by atoms with Crippen LogP contribution in [0.5, 0.6) is 11.5 Å². The van der Waals surface area contributed by atoms with E-state index in [1.807, 2.05) is 24.3 Å². The van der Waals surface area contributed by atoms with Crippen LogP contribution in [0.2, 0.25) is 0 Å². The maximum Gasteiger partial charge on any atom is 0.343 e. The van der Waals surface area contributed by atoms with Crippen LogP contribution in [-0.2, 0) is 5.41 Å². The zero-order valence-electron chi connectivity index (χ0n) is 18.3. The minimum absolute atomic E-state index is 0.0279. The predicted octanol–water partition coefficient (Wildman–Crippen LogP) is 5.73. The first-order chi connectivity index (χ1) is 15.6. The van der Waals surface area contributed by atoms with Gasteiger partial charge in [0, 0.05) is 18.2 Å². The molecule has 0 unspecified atom stereocenters. The molecular weight excluding hydrogens is 422 g/mol. The molecule has 1 heterocycles. The third-order valence-electron chi connectivity index (χ3n) is 5.22. The number of ether oxygens (including phenoxy) is 2. The van der Waals surface area contributed by atoms with Crippen molar-refractivity contribution in [2.45, 2.75) is 26.2 Å². The molecule has 1 aliphatic heterocycles. The maximum absolute atomic E-state index is 12.7. The number of ketones is 1. The first-order valence-corrected chi connectivity index (χ1v) is 10.3. The Morgan fingerprint density at radius 3 is 2.42 bits per heavy atom. The number of nitro groups is 1. The highest BCUT2D eigenvalue weighted by atomic mass is 16.6. The van der Waals surface area contributed by atoms with Gasteiger partial charge in [0.05, 0.1) is 16.1 Å². The van der Waals surface area contributed by atoms with Crippen LogP contribution in [-0.4, -0.2) is 16.7 Å². The number of rotatable bonds is 4. The molecule has 0 spiro atoms.